The summed E-state index contributed by atoms with van der Waals surface area (Å²) in [6.45, 7) is 4.34. The van der Waals surface area contributed by atoms with Gasteiger partial charge >= 0.3 is 0 Å². The van der Waals surface area contributed by atoms with Crippen LogP contribution in [0.2, 0.25) is 0 Å². The molecule has 0 aliphatic rings. The van der Waals surface area contributed by atoms with E-state index >= 15 is 0 Å². The van der Waals surface area contributed by atoms with Crippen molar-refractivity contribution in [3.05, 3.63) is 83.0 Å². The second kappa shape index (κ2) is 9.09. The van der Waals surface area contributed by atoms with Crippen molar-refractivity contribution < 1.29 is 9.32 Å². The van der Waals surface area contributed by atoms with Gasteiger partial charge in [-0.2, -0.15) is 0 Å². The highest BCUT2D eigenvalue weighted by Gasteiger charge is 2.15. The van der Waals surface area contributed by atoms with Crippen LogP contribution < -0.4 is 5.32 Å². The van der Waals surface area contributed by atoms with Crippen molar-refractivity contribution in [1.82, 2.24) is 20.4 Å². The average Bonchev–Trinajstić information content (AvgIpc) is 3.10. The molecule has 0 bridgehead atoms. The van der Waals surface area contributed by atoms with Gasteiger partial charge in [0.25, 0.3) is 5.91 Å². The Morgan fingerprint density at radius 3 is 2.70 bits per heavy atom. The maximum absolute atomic E-state index is 12.8. The lowest BCUT2D eigenvalue weighted by Gasteiger charge is -2.10. The summed E-state index contributed by atoms with van der Waals surface area (Å²) in [6.07, 6.45) is 4.21. The van der Waals surface area contributed by atoms with Crippen LogP contribution in [0.15, 0.2) is 64.4 Å². The van der Waals surface area contributed by atoms with Crippen LogP contribution in [0.5, 0.6) is 0 Å². The number of aryl methyl sites for hydroxylation is 2. The zero-order chi connectivity index (χ0) is 20.9. The Labute approximate surface area is 179 Å². The molecule has 1 N–H and O–H groups in total. The molecule has 4 rings (SSSR count). The fraction of sp³-hybridized carbons (Fsp3) is 0.217. The number of nitrogens with one attached hydrogen (secondary N) is 1. The minimum Gasteiger partial charge on any atom is -0.361 e. The van der Waals surface area contributed by atoms with Crippen LogP contribution in [0.4, 0.5) is 0 Å². The average molecular weight is 419 g/mol. The third kappa shape index (κ3) is 4.36. The number of rotatable bonds is 7. The zero-order valence-electron chi connectivity index (χ0n) is 16.9. The summed E-state index contributed by atoms with van der Waals surface area (Å²) in [5.74, 6) is 1.32. The summed E-state index contributed by atoms with van der Waals surface area (Å²) in [5, 5.41) is 8.80. The van der Waals surface area contributed by atoms with Crippen molar-refractivity contribution in [2.45, 2.75) is 31.0 Å². The smallest absolute Gasteiger partial charge is 0.254 e. The molecule has 0 saturated carbocycles. The van der Waals surface area contributed by atoms with Crippen molar-refractivity contribution in [2.75, 3.05) is 6.54 Å². The van der Waals surface area contributed by atoms with Crippen molar-refractivity contribution in [3.63, 3.8) is 0 Å². The van der Waals surface area contributed by atoms with Crippen molar-refractivity contribution in [2.24, 2.45) is 0 Å². The molecule has 0 saturated heterocycles. The minimum atomic E-state index is -0.127. The van der Waals surface area contributed by atoms with Gasteiger partial charge in [0.1, 0.15) is 10.8 Å². The molecule has 0 aliphatic carbocycles. The fourth-order valence-corrected chi connectivity index (χ4v) is 4.45. The van der Waals surface area contributed by atoms with Gasteiger partial charge in [-0.15, -0.1) is 11.8 Å². The molecular weight excluding hydrogens is 396 g/mol. The Morgan fingerprint density at radius 1 is 1.07 bits per heavy atom. The maximum Gasteiger partial charge on any atom is 0.254 e. The van der Waals surface area contributed by atoms with Crippen LogP contribution in [0, 0.1) is 13.8 Å². The molecule has 1 amide bonds. The molecule has 1 aromatic carbocycles. The molecule has 0 atom stereocenters. The van der Waals surface area contributed by atoms with E-state index in [4.69, 9.17) is 4.52 Å². The standard InChI is InChI=1S/C23H22N4O2S/c1-15-20(16(2)29-27-15)14-30-23-19(9-5-12-26-23)22(28)25-13-10-18-7-3-6-17-8-4-11-24-21(17)18/h3-9,11-12H,10,13-14H2,1-2H3,(H,25,28). The second-order valence-corrected chi connectivity index (χ2v) is 7.91. The quantitative estimate of drug-likeness (QED) is 0.445. The summed E-state index contributed by atoms with van der Waals surface area (Å²) in [7, 11) is 0. The highest BCUT2D eigenvalue weighted by molar-refractivity contribution is 7.98. The number of carbonyl (C=O) groups is 1. The molecule has 0 aliphatic heterocycles. The van der Waals surface area contributed by atoms with Gasteiger partial charge in [0.15, 0.2) is 0 Å². The Hall–Kier alpha value is -3.19. The fourth-order valence-electron chi connectivity index (χ4n) is 3.30. The van der Waals surface area contributed by atoms with Gasteiger partial charge in [-0.3, -0.25) is 9.78 Å². The van der Waals surface area contributed by atoms with Crippen molar-refractivity contribution in [3.8, 4) is 0 Å². The number of aromatic nitrogens is 3. The Balaban J connectivity index is 1.41. The normalized spacial score (nSPS) is 11.0. The van der Waals surface area contributed by atoms with Crippen molar-refractivity contribution >= 4 is 28.6 Å². The van der Waals surface area contributed by atoms with E-state index in [2.05, 4.69) is 26.5 Å². The van der Waals surface area contributed by atoms with E-state index in [1.807, 2.05) is 38.1 Å². The third-order valence-electron chi connectivity index (χ3n) is 4.95. The highest BCUT2D eigenvalue weighted by Crippen LogP contribution is 2.27. The Bertz CT molecular complexity index is 1160. The summed E-state index contributed by atoms with van der Waals surface area (Å²) in [5.41, 5.74) is 4.58. The molecule has 0 radical (unpaired) electrons. The van der Waals surface area contributed by atoms with Crippen molar-refractivity contribution in [1.29, 1.82) is 0 Å². The molecule has 3 heterocycles. The molecular formula is C23H22N4O2S. The van der Waals surface area contributed by atoms with Gasteiger partial charge in [-0.05, 0) is 44.0 Å². The topological polar surface area (TPSA) is 80.9 Å². The number of pyridine rings is 2. The lowest BCUT2D eigenvalue weighted by Crippen LogP contribution is -2.26. The monoisotopic (exact) mass is 418 g/mol. The number of benzene rings is 1. The first-order valence-corrected chi connectivity index (χ1v) is 10.7. The number of thioether (sulfide) groups is 1. The van der Waals surface area contributed by atoms with Crippen LogP contribution in [-0.2, 0) is 12.2 Å². The van der Waals surface area contributed by atoms with Gasteiger partial charge < -0.3 is 9.84 Å². The van der Waals surface area contributed by atoms with Gasteiger partial charge in [-0.1, -0.05) is 29.4 Å². The summed E-state index contributed by atoms with van der Waals surface area (Å²) in [6, 6.07) is 13.7. The molecule has 0 spiro atoms. The van der Waals surface area contributed by atoms with Crippen LogP contribution in [-0.4, -0.2) is 27.6 Å². The number of nitrogens with zero attached hydrogens (tertiary/aromatic N) is 3. The summed E-state index contributed by atoms with van der Waals surface area (Å²) in [4.78, 5) is 21.7. The first-order valence-electron chi connectivity index (χ1n) is 9.74. The largest absolute Gasteiger partial charge is 0.361 e. The second-order valence-electron chi connectivity index (χ2n) is 6.95. The van der Waals surface area contributed by atoms with Gasteiger partial charge in [0, 0.05) is 35.6 Å². The molecule has 7 heteroatoms. The Kier molecular flexibility index (Phi) is 6.09. The van der Waals surface area contributed by atoms with Gasteiger partial charge in [-0.25, -0.2) is 4.98 Å². The summed E-state index contributed by atoms with van der Waals surface area (Å²) < 4.78 is 5.22. The molecule has 0 unspecified atom stereocenters. The molecule has 4 aromatic rings. The third-order valence-corrected chi connectivity index (χ3v) is 5.98. The molecule has 3 aromatic heterocycles. The van der Waals surface area contributed by atoms with E-state index in [1.54, 1.807) is 24.5 Å². The molecule has 30 heavy (non-hydrogen) atoms. The van der Waals surface area contributed by atoms with Gasteiger partial charge in [0.05, 0.1) is 16.8 Å². The first-order chi connectivity index (χ1) is 14.6. The Morgan fingerprint density at radius 2 is 1.87 bits per heavy atom. The van der Waals surface area contributed by atoms with Crippen LogP contribution in [0.25, 0.3) is 10.9 Å². The zero-order valence-corrected chi connectivity index (χ0v) is 17.7. The lowest BCUT2D eigenvalue weighted by molar-refractivity contribution is 0.0950. The van der Waals surface area contributed by atoms with E-state index in [0.717, 1.165) is 33.5 Å². The van der Waals surface area contributed by atoms with E-state index in [1.165, 1.54) is 11.8 Å². The van der Waals surface area contributed by atoms with Crippen LogP contribution in [0.3, 0.4) is 0 Å². The molecule has 0 fully saturated rings. The SMILES string of the molecule is Cc1noc(C)c1CSc1ncccc1C(=O)NCCc1cccc2cccnc12. The molecule has 152 valence electrons. The predicted molar refractivity (Wildman–Crippen MR) is 118 cm³/mol. The first kappa shape index (κ1) is 20.1. The highest BCUT2D eigenvalue weighted by atomic mass is 32.2. The number of para-hydroxylation sites is 1. The number of hydrogen-bond donors (Lipinski definition) is 1. The van der Waals surface area contributed by atoms with E-state index < -0.39 is 0 Å². The number of hydrogen-bond acceptors (Lipinski definition) is 6. The van der Waals surface area contributed by atoms with E-state index in [9.17, 15) is 4.79 Å². The summed E-state index contributed by atoms with van der Waals surface area (Å²) >= 11 is 1.51. The van der Waals surface area contributed by atoms with E-state index in [0.29, 0.717) is 29.3 Å². The number of carbonyl (C=O) groups excluding carboxylic acids is 1. The van der Waals surface area contributed by atoms with Crippen LogP contribution in [0.1, 0.15) is 32.9 Å². The predicted octanol–water partition coefficient (Wildman–Crippen LogP) is 4.50. The maximum atomic E-state index is 12.8. The van der Waals surface area contributed by atoms with Gasteiger partial charge in [0.2, 0.25) is 0 Å². The van der Waals surface area contributed by atoms with E-state index in [-0.39, 0.29) is 5.91 Å². The molecule has 6 nitrogen and oxygen atoms in total. The van der Waals surface area contributed by atoms with Crippen LogP contribution >= 0.6 is 11.8 Å². The number of fused-ring (bicyclic) bond motifs is 1. The minimum absolute atomic E-state index is 0.127. The lowest BCUT2D eigenvalue weighted by atomic mass is 10.1. The number of amides is 1.